The van der Waals surface area contributed by atoms with Gasteiger partial charge in [-0.1, -0.05) is 22.0 Å². The number of hydrogen-bond donors (Lipinski definition) is 0. The second-order valence-corrected chi connectivity index (χ2v) is 3.85. The first kappa shape index (κ1) is 10.1. The molecule has 76 valence electrons. The fraction of sp³-hybridized carbons (Fsp3) is 0.0909. The third kappa shape index (κ3) is 1.85. The maximum absolute atomic E-state index is 11.2. The van der Waals surface area contributed by atoms with Gasteiger partial charge in [0.05, 0.1) is 12.6 Å². The Kier molecular flexibility index (Phi) is 2.68. The van der Waals surface area contributed by atoms with Gasteiger partial charge >= 0.3 is 5.97 Å². The second-order valence-electron chi connectivity index (χ2n) is 2.99. The predicted octanol–water partition coefficient (Wildman–Crippen LogP) is 2.78. The summed E-state index contributed by atoms with van der Waals surface area (Å²) in [6, 6.07) is 9.16. The van der Waals surface area contributed by atoms with Crippen molar-refractivity contribution in [2.45, 2.75) is 0 Å². The lowest BCUT2D eigenvalue weighted by atomic mass is 10.2. The number of aromatic nitrogens is 1. The number of carbonyl (C=O) groups excluding carboxylic acids is 1. The molecule has 0 amide bonds. The van der Waals surface area contributed by atoms with Crippen LogP contribution >= 0.6 is 15.9 Å². The van der Waals surface area contributed by atoms with Crippen LogP contribution in [0.15, 0.2) is 34.8 Å². The SMILES string of the molecule is COC(=O)c1ccc2c(Br)cccc2n1. The predicted molar refractivity (Wildman–Crippen MR) is 60.8 cm³/mol. The molecule has 0 atom stereocenters. The number of pyridine rings is 1. The summed E-state index contributed by atoms with van der Waals surface area (Å²) in [5.41, 5.74) is 1.09. The van der Waals surface area contributed by atoms with Gasteiger partial charge in [0.1, 0.15) is 5.69 Å². The number of benzene rings is 1. The Labute approximate surface area is 95.2 Å². The molecule has 0 saturated carbocycles. The van der Waals surface area contributed by atoms with Crippen molar-refractivity contribution in [2.24, 2.45) is 0 Å². The second kappa shape index (κ2) is 3.98. The van der Waals surface area contributed by atoms with Gasteiger partial charge in [-0.15, -0.1) is 0 Å². The molecule has 2 rings (SSSR count). The molecule has 0 spiro atoms. The number of hydrogen-bond acceptors (Lipinski definition) is 3. The molecule has 0 fully saturated rings. The maximum Gasteiger partial charge on any atom is 0.356 e. The van der Waals surface area contributed by atoms with E-state index in [0.29, 0.717) is 5.69 Å². The molecule has 2 aromatic rings. The maximum atomic E-state index is 11.2. The largest absolute Gasteiger partial charge is 0.464 e. The van der Waals surface area contributed by atoms with Crippen LogP contribution in [0.2, 0.25) is 0 Å². The number of esters is 1. The van der Waals surface area contributed by atoms with Crippen LogP contribution in [0.3, 0.4) is 0 Å². The number of carbonyl (C=O) groups is 1. The van der Waals surface area contributed by atoms with E-state index in [1.54, 1.807) is 6.07 Å². The minimum absolute atomic E-state index is 0.322. The summed E-state index contributed by atoms with van der Waals surface area (Å²) in [5, 5.41) is 0.977. The van der Waals surface area contributed by atoms with Gasteiger partial charge in [0.25, 0.3) is 0 Å². The summed E-state index contributed by atoms with van der Waals surface area (Å²) in [6.07, 6.45) is 0. The zero-order valence-electron chi connectivity index (χ0n) is 8.03. The molecule has 0 aliphatic carbocycles. The normalized spacial score (nSPS) is 10.3. The Balaban J connectivity index is 2.62. The molecule has 1 heterocycles. The standard InChI is InChI=1S/C11H8BrNO2/c1-15-11(14)10-6-5-7-8(12)3-2-4-9(7)13-10/h2-6H,1H3. The summed E-state index contributed by atoms with van der Waals surface area (Å²) >= 11 is 3.42. The number of fused-ring (bicyclic) bond motifs is 1. The molecule has 0 aliphatic rings. The van der Waals surface area contributed by atoms with Crippen molar-refractivity contribution >= 4 is 32.8 Å². The quantitative estimate of drug-likeness (QED) is 0.745. The summed E-state index contributed by atoms with van der Waals surface area (Å²) in [6.45, 7) is 0. The molecule has 0 unspecified atom stereocenters. The van der Waals surface area contributed by atoms with E-state index in [1.807, 2.05) is 24.3 Å². The van der Waals surface area contributed by atoms with Gasteiger partial charge in [0.2, 0.25) is 0 Å². The van der Waals surface area contributed by atoms with Crippen LogP contribution < -0.4 is 0 Å². The van der Waals surface area contributed by atoms with Gasteiger partial charge < -0.3 is 4.74 Å². The van der Waals surface area contributed by atoms with E-state index in [0.717, 1.165) is 15.4 Å². The molecule has 0 aliphatic heterocycles. The van der Waals surface area contributed by atoms with Crippen LogP contribution in [0.4, 0.5) is 0 Å². The topological polar surface area (TPSA) is 39.2 Å². The molecule has 0 bridgehead atoms. The van der Waals surface area contributed by atoms with Gasteiger partial charge in [-0.3, -0.25) is 0 Å². The number of ether oxygens (including phenoxy) is 1. The Bertz CT molecular complexity index is 525. The van der Waals surface area contributed by atoms with E-state index in [9.17, 15) is 4.79 Å². The highest BCUT2D eigenvalue weighted by Gasteiger charge is 2.08. The first-order valence-corrected chi connectivity index (χ1v) is 5.15. The van der Waals surface area contributed by atoms with Crippen molar-refractivity contribution in [3.05, 3.63) is 40.5 Å². The summed E-state index contributed by atoms with van der Waals surface area (Å²) in [7, 11) is 1.34. The monoisotopic (exact) mass is 265 g/mol. The molecule has 15 heavy (non-hydrogen) atoms. The van der Waals surface area contributed by atoms with Gasteiger partial charge in [-0.2, -0.15) is 0 Å². The fourth-order valence-corrected chi connectivity index (χ4v) is 1.82. The van der Waals surface area contributed by atoms with E-state index >= 15 is 0 Å². The Morgan fingerprint density at radius 2 is 2.13 bits per heavy atom. The Morgan fingerprint density at radius 1 is 1.33 bits per heavy atom. The molecule has 1 aromatic carbocycles. The van der Waals surface area contributed by atoms with Crippen molar-refractivity contribution in [3.8, 4) is 0 Å². The highest BCUT2D eigenvalue weighted by atomic mass is 79.9. The zero-order valence-corrected chi connectivity index (χ0v) is 9.61. The van der Waals surface area contributed by atoms with Crippen LogP contribution in [0.25, 0.3) is 10.9 Å². The lowest BCUT2D eigenvalue weighted by Crippen LogP contribution is -2.03. The van der Waals surface area contributed by atoms with Crippen LogP contribution in [-0.2, 0) is 4.74 Å². The van der Waals surface area contributed by atoms with Crippen molar-refractivity contribution in [1.82, 2.24) is 4.98 Å². The van der Waals surface area contributed by atoms with Crippen LogP contribution in [0.5, 0.6) is 0 Å². The van der Waals surface area contributed by atoms with Crippen LogP contribution in [0, 0.1) is 0 Å². The van der Waals surface area contributed by atoms with Gasteiger partial charge in [0.15, 0.2) is 0 Å². The molecule has 0 saturated heterocycles. The summed E-state index contributed by atoms with van der Waals surface area (Å²) in [5.74, 6) is -0.420. The van der Waals surface area contributed by atoms with Gasteiger partial charge in [-0.25, -0.2) is 9.78 Å². The van der Waals surface area contributed by atoms with E-state index < -0.39 is 5.97 Å². The summed E-state index contributed by atoms with van der Waals surface area (Å²) in [4.78, 5) is 15.4. The zero-order chi connectivity index (χ0) is 10.8. The van der Waals surface area contributed by atoms with Crippen molar-refractivity contribution < 1.29 is 9.53 Å². The average molecular weight is 266 g/mol. The minimum atomic E-state index is -0.420. The molecule has 4 heteroatoms. The minimum Gasteiger partial charge on any atom is -0.464 e. The lowest BCUT2D eigenvalue weighted by molar-refractivity contribution is 0.0594. The van der Waals surface area contributed by atoms with Crippen LogP contribution in [0.1, 0.15) is 10.5 Å². The number of rotatable bonds is 1. The molecule has 3 nitrogen and oxygen atoms in total. The molecule has 0 N–H and O–H groups in total. The number of nitrogens with zero attached hydrogens (tertiary/aromatic N) is 1. The molecule has 0 radical (unpaired) electrons. The number of halogens is 1. The van der Waals surface area contributed by atoms with E-state index in [1.165, 1.54) is 7.11 Å². The van der Waals surface area contributed by atoms with Gasteiger partial charge in [0, 0.05) is 9.86 Å². The Morgan fingerprint density at radius 3 is 2.87 bits per heavy atom. The lowest BCUT2D eigenvalue weighted by Gasteiger charge is -2.02. The highest BCUT2D eigenvalue weighted by Crippen LogP contribution is 2.22. The van der Waals surface area contributed by atoms with E-state index in [4.69, 9.17) is 0 Å². The van der Waals surface area contributed by atoms with Crippen LogP contribution in [-0.4, -0.2) is 18.1 Å². The third-order valence-corrected chi connectivity index (χ3v) is 2.76. The molecular weight excluding hydrogens is 258 g/mol. The highest BCUT2D eigenvalue weighted by molar-refractivity contribution is 9.10. The van der Waals surface area contributed by atoms with Crippen molar-refractivity contribution in [1.29, 1.82) is 0 Å². The van der Waals surface area contributed by atoms with Crippen molar-refractivity contribution in [2.75, 3.05) is 7.11 Å². The summed E-state index contributed by atoms with van der Waals surface area (Å²) < 4.78 is 5.56. The molecular formula is C11H8BrNO2. The van der Waals surface area contributed by atoms with E-state index in [2.05, 4.69) is 25.7 Å². The average Bonchev–Trinajstić information content (AvgIpc) is 2.28. The van der Waals surface area contributed by atoms with Crippen molar-refractivity contribution in [3.63, 3.8) is 0 Å². The van der Waals surface area contributed by atoms with Gasteiger partial charge in [-0.05, 0) is 24.3 Å². The number of methoxy groups -OCH3 is 1. The third-order valence-electron chi connectivity index (χ3n) is 2.07. The van der Waals surface area contributed by atoms with E-state index in [-0.39, 0.29) is 0 Å². The Hall–Kier alpha value is -1.42. The fourth-order valence-electron chi connectivity index (χ4n) is 1.34. The smallest absolute Gasteiger partial charge is 0.356 e. The molecule has 1 aromatic heterocycles. The first-order chi connectivity index (χ1) is 7.22. The first-order valence-electron chi connectivity index (χ1n) is 4.36.